The van der Waals surface area contributed by atoms with Crippen molar-refractivity contribution < 1.29 is 18.3 Å². The zero-order valence-electron chi connectivity index (χ0n) is 10.8. The van der Waals surface area contributed by atoms with E-state index in [4.69, 9.17) is 16.3 Å². The van der Waals surface area contributed by atoms with Crippen LogP contribution < -0.4 is 4.74 Å². The number of hydrogen-bond donors (Lipinski definition) is 0. The molecule has 0 aliphatic carbocycles. The summed E-state index contributed by atoms with van der Waals surface area (Å²) >= 11 is 8.11. The van der Waals surface area contributed by atoms with E-state index in [0.717, 1.165) is 3.57 Å². The van der Waals surface area contributed by atoms with Crippen LogP contribution in [0.5, 0.6) is 5.75 Å². The number of alkyl halides is 2. The number of hydrogen-bond acceptors (Lipinski definition) is 4. The third-order valence-electron chi connectivity index (χ3n) is 2.50. The molecule has 1 heterocycles. The summed E-state index contributed by atoms with van der Waals surface area (Å²) in [5.74, 6) is 0.471. The molecule has 0 radical (unpaired) electrons. The van der Waals surface area contributed by atoms with Crippen LogP contribution in [0, 0.1) is 3.57 Å². The molecule has 112 valence electrons. The van der Waals surface area contributed by atoms with Gasteiger partial charge in [-0.15, -0.1) is 0 Å². The highest BCUT2D eigenvalue weighted by atomic mass is 127. The summed E-state index contributed by atoms with van der Waals surface area (Å²) in [6, 6.07) is 6.03. The molecule has 2 rings (SSSR count). The number of aromatic nitrogens is 2. The van der Waals surface area contributed by atoms with E-state index in [0.29, 0.717) is 28.8 Å². The second kappa shape index (κ2) is 7.28. The van der Waals surface area contributed by atoms with Crippen LogP contribution in [0.15, 0.2) is 24.3 Å². The molecule has 1 aromatic carbocycles. The van der Waals surface area contributed by atoms with Gasteiger partial charge in [-0.25, -0.2) is 9.97 Å². The SMILES string of the molecule is COCc1nc(-c2ccc(OC(F)F)cc2)nc(Cl)c1I. The largest absolute Gasteiger partial charge is 0.435 e. The molecular formula is C13H10ClF2IN2O2. The zero-order chi connectivity index (χ0) is 15.4. The van der Waals surface area contributed by atoms with Gasteiger partial charge in [0, 0.05) is 12.7 Å². The van der Waals surface area contributed by atoms with Gasteiger partial charge in [0.05, 0.1) is 15.9 Å². The molecule has 0 fully saturated rings. The first-order valence-corrected chi connectivity index (χ1v) is 7.23. The molecule has 8 heteroatoms. The fourth-order valence-corrected chi connectivity index (χ4v) is 2.20. The number of halogens is 4. The van der Waals surface area contributed by atoms with Crippen LogP contribution >= 0.6 is 34.2 Å². The highest BCUT2D eigenvalue weighted by Crippen LogP contribution is 2.26. The van der Waals surface area contributed by atoms with Crippen molar-refractivity contribution in [2.45, 2.75) is 13.2 Å². The van der Waals surface area contributed by atoms with Crippen molar-refractivity contribution in [1.29, 1.82) is 0 Å². The topological polar surface area (TPSA) is 44.2 Å². The van der Waals surface area contributed by atoms with Gasteiger partial charge in [0.25, 0.3) is 0 Å². The van der Waals surface area contributed by atoms with Gasteiger partial charge in [0.2, 0.25) is 0 Å². The Morgan fingerprint density at radius 2 is 1.90 bits per heavy atom. The Bertz CT molecular complexity index is 626. The van der Waals surface area contributed by atoms with Gasteiger partial charge < -0.3 is 9.47 Å². The Labute approximate surface area is 138 Å². The summed E-state index contributed by atoms with van der Waals surface area (Å²) in [5.41, 5.74) is 1.31. The summed E-state index contributed by atoms with van der Waals surface area (Å²) in [7, 11) is 1.56. The summed E-state index contributed by atoms with van der Waals surface area (Å²) in [6.45, 7) is -2.55. The molecule has 2 aromatic rings. The lowest BCUT2D eigenvalue weighted by Gasteiger charge is -2.08. The van der Waals surface area contributed by atoms with Gasteiger partial charge in [0.15, 0.2) is 5.82 Å². The number of methoxy groups -OCH3 is 1. The fraction of sp³-hybridized carbons (Fsp3) is 0.231. The first-order valence-electron chi connectivity index (χ1n) is 5.77. The van der Waals surface area contributed by atoms with E-state index in [1.54, 1.807) is 19.2 Å². The van der Waals surface area contributed by atoms with Crippen molar-refractivity contribution in [1.82, 2.24) is 9.97 Å². The molecule has 0 saturated heterocycles. The Balaban J connectivity index is 2.33. The second-order valence-electron chi connectivity index (χ2n) is 3.93. The van der Waals surface area contributed by atoms with E-state index in [1.165, 1.54) is 12.1 Å². The quantitative estimate of drug-likeness (QED) is 0.532. The molecule has 0 bridgehead atoms. The minimum Gasteiger partial charge on any atom is -0.435 e. The van der Waals surface area contributed by atoms with Gasteiger partial charge in [-0.3, -0.25) is 0 Å². The number of rotatable bonds is 5. The monoisotopic (exact) mass is 426 g/mol. The van der Waals surface area contributed by atoms with Crippen LogP contribution in [0.2, 0.25) is 5.15 Å². The van der Waals surface area contributed by atoms with Gasteiger partial charge >= 0.3 is 6.61 Å². The van der Waals surface area contributed by atoms with E-state index in [9.17, 15) is 8.78 Å². The minimum atomic E-state index is -2.85. The molecule has 1 aromatic heterocycles. The third kappa shape index (κ3) is 4.21. The van der Waals surface area contributed by atoms with Gasteiger partial charge in [0.1, 0.15) is 10.9 Å². The molecular weight excluding hydrogens is 417 g/mol. The summed E-state index contributed by atoms with van der Waals surface area (Å²) < 4.78 is 34.3. The van der Waals surface area contributed by atoms with E-state index in [2.05, 4.69) is 14.7 Å². The van der Waals surface area contributed by atoms with Crippen LogP contribution in [0.3, 0.4) is 0 Å². The normalized spacial score (nSPS) is 11.0. The van der Waals surface area contributed by atoms with Crippen LogP contribution in [0.25, 0.3) is 11.4 Å². The van der Waals surface area contributed by atoms with Crippen LogP contribution in [-0.4, -0.2) is 23.7 Å². The van der Waals surface area contributed by atoms with Gasteiger partial charge in [-0.2, -0.15) is 8.78 Å². The molecule has 0 N–H and O–H groups in total. The molecule has 0 unspecified atom stereocenters. The third-order valence-corrected chi connectivity index (χ3v) is 4.22. The molecule has 0 amide bonds. The highest BCUT2D eigenvalue weighted by Gasteiger charge is 2.12. The van der Waals surface area contributed by atoms with Crippen LogP contribution in [0.1, 0.15) is 5.69 Å². The maximum Gasteiger partial charge on any atom is 0.387 e. The van der Waals surface area contributed by atoms with Crippen molar-refractivity contribution in [3.05, 3.63) is 38.7 Å². The molecule has 0 atom stereocenters. The lowest BCUT2D eigenvalue weighted by atomic mass is 10.2. The van der Waals surface area contributed by atoms with E-state index >= 15 is 0 Å². The average Bonchev–Trinajstić information content (AvgIpc) is 2.44. The van der Waals surface area contributed by atoms with Crippen LogP contribution in [-0.2, 0) is 11.3 Å². The minimum absolute atomic E-state index is 0.0717. The Morgan fingerprint density at radius 1 is 1.24 bits per heavy atom. The van der Waals surface area contributed by atoms with E-state index < -0.39 is 6.61 Å². The van der Waals surface area contributed by atoms with Crippen molar-refractivity contribution in [2.75, 3.05) is 7.11 Å². The predicted octanol–water partition coefficient (Wildman–Crippen LogP) is 4.15. The lowest BCUT2D eigenvalue weighted by molar-refractivity contribution is -0.0498. The average molecular weight is 427 g/mol. The first kappa shape index (κ1) is 16.3. The molecule has 0 aliphatic rings. The van der Waals surface area contributed by atoms with Crippen molar-refractivity contribution in [3.63, 3.8) is 0 Å². The molecule has 4 nitrogen and oxygen atoms in total. The maximum absolute atomic E-state index is 12.1. The fourth-order valence-electron chi connectivity index (χ4n) is 1.61. The molecule has 0 spiro atoms. The molecule has 0 aliphatic heterocycles. The Kier molecular flexibility index (Phi) is 5.65. The molecule has 21 heavy (non-hydrogen) atoms. The summed E-state index contributed by atoms with van der Waals surface area (Å²) in [4.78, 5) is 8.55. The van der Waals surface area contributed by atoms with Crippen LogP contribution in [0.4, 0.5) is 8.78 Å². The Hall–Kier alpha value is -1.06. The zero-order valence-corrected chi connectivity index (χ0v) is 13.7. The Morgan fingerprint density at radius 3 is 2.48 bits per heavy atom. The number of nitrogens with zero attached hydrogens (tertiary/aromatic N) is 2. The molecule has 0 saturated carbocycles. The van der Waals surface area contributed by atoms with Crippen molar-refractivity contribution >= 4 is 34.2 Å². The van der Waals surface area contributed by atoms with E-state index in [1.807, 2.05) is 22.6 Å². The van der Waals surface area contributed by atoms with Gasteiger partial charge in [-0.1, -0.05) is 11.6 Å². The van der Waals surface area contributed by atoms with Gasteiger partial charge in [-0.05, 0) is 46.9 Å². The highest BCUT2D eigenvalue weighted by molar-refractivity contribution is 14.1. The van der Waals surface area contributed by atoms with Crippen molar-refractivity contribution in [2.24, 2.45) is 0 Å². The van der Waals surface area contributed by atoms with E-state index in [-0.39, 0.29) is 5.75 Å². The summed E-state index contributed by atoms with van der Waals surface area (Å²) in [5, 5.41) is 0.320. The number of ether oxygens (including phenoxy) is 2. The standard InChI is InChI=1S/C13H10ClF2IN2O2/c1-20-6-9-10(17)11(14)19-12(18-9)7-2-4-8(5-3-7)21-13(15)16/h2-5,13H,6H2,1H3. The van der Waals surface area contributed by atoms with Crippen molar-refractivity contribution in [3.8, 4) is 17.1 Å². The predicted molar refractivity (Wildman–Crippen MR) is 82.5 cm³/mol. The maximum atomic E-state index is 12.1. The first-order chi connectivity index (χ1) is 10.0. The summed E-state index contributed by atoms with van der Waals surface area (Å²) in [6.07, 6.45) is 0. The number of benzene rings is 1. The smallest absolute Gasteiger partial charge is 0.387 e. The second-order valence-corrected chi connectivity index (χ2v) is 5.37. The lowest BCUT2D eigenvalue weighted by Crippen LogP contribution is -2.03.